The summed E-state index contributed by atoms with van der Waals surface area (Å²) in [7, 11) is 2.21. The molecule has 3 atom stereocenters. The predicted molar refractivity (Wildman–Crippen MR) is 58.6 cm³/mol. The molecule has 70 valence electrons. The van der Waals surface area contributed by atoms with Crippen molar-refractivity contribution in [2.45, 2.75) is 26.3 Å². The third-order valence-corrected chi connectivity index (χ3v) is 3.93. The Bertz CT molecular complexity index is 122. The molecule has 0 amide bonds. The average Bonchev–Trinajstić information content (AvgIpc) is 2.35. The molecule has 3 heteroatoms. The van der Waals surface area contributed by atoms with Gasteiger partial charge in [0.1, 0.15) is 7.85 Å². The molecular weight excluding hydrogens is 167 g/mol. The molecule has 1 rings (SSSR count). The summed E-state index contributed by atoms with van der Waals surface area (Å²) < 4.78 is 5.60. The van der Waals surface area contributed by atoms with Crippen molar-refractivity contribution in [1.82, 2.24) is 0 Å². The molecule has 0 saturated carbocycles. The molecule has 1 saturated heterocycles. The summed E-state index contributed by atoms with van der Waals surface area (Å²) in [6.07, 6.45) is 1.29. The maximum Gasteiger partial charge on any atom is 0.139 e. The Kier molecular flexibility index (Phi) is 4.51. The second-order valence-corrected chi connectivity index (χ2v) is 4.90. The SMILES string of the molecule is B[C@@H]1OCC(C)[C@H]1CSCCC. The molecule has 0 aromatic heterocycles. The minimum Gasteiger partial charge on any atom is -0.387 e. The average molecular weight is 186 g/mol. The zero-order chi connectivity index (χ0) is 8.97. The van der Waals surface area contributed by atoms with Crippen LogP contribution in [0, 0.1) is 11.8 Å². The minimum atomic E-state index is 0.490. The van der Waals surface area contributed by atoms with Gasteiger partial charge in [0.2, 0.25) is 0 Å². The van der Waals surface area contributed by atoms with Crippen molar-refractivity contribution in [2.24, 2.45) is 11.8 Å². The van der Waals surface area contributed by atoms with E-state index in [4.69, 9.17) is 4.74 Å². The van der Waals surface area contributed by atoms with Gasteiger partial charge in [-0.2, -0.15) is 11.8 Å². The Hall–Kier alpha value is 0.375. The van der Waals surface area contributed by atoms with Gasteiger partial charge in [-0.25, -0.2) is 0 Å². The number of hydrogen-bond donors (Lipinski definition) is 0. The first kappa shape index (κ1) is 10.5. The third kappa shape index (κ3) is 2.70. The van der Waals surface area contributed by atoms with Crippen molar-refractivity contribution < 1.29 is 4.74 Å². The summed E-state index contributed by atoms with van der Waals surface area (Å²) >= 11 is 2.08. The van der Waals surface area contributed by atoms with Gasteiger partial charge in [-0.05, 0) is 29.8 Å². The van der Waals surface area contributed by atoms with Gasteiger partial charge < -0.3 is 4.74 Å². The van der Waals surface area contributed by atoms with E-state index in [0.29, 0.717) is 6.00 Å². The van der Waals surface area contributed by atoms with E-state index in [1.165, 1.54) is 17.9 Å². The largest absolute Gasteiger partial charge is 0.387 e. The van der Waals surface area contributed by atoms with Crippen molar-refractivity contribution in [3.63, 3.8) is 0 Å². The Morgan fingerprint density at radius 1 is 1.58 bits per heavy atom. The molecule has 1 nitrogen and oxygen atoms in total. The highest BCUT2D eigenvalue weighted by atomic mass is 32.2. The lowest BCUT2D eigenvalue weighted by atomic mass is 9.83. The topological polar surface area (TPSA) is 9.23 Å². The van der Waals surface area contributed by atoms with Crippen LogP contribution >= 0.6 is 11.8 Å². The van der Waals surface area contributed by atoms with E-state index in [1.807, 2.05) is 0 Å². The molecule has 1 fully saturated rings. The molecule has 0 bridgehead atoms. The highest BCUT2D eigenvalue weighted by Crippen LogP contribution is 2.28. The molecule has 1 aliphatic heterocycles. The van der Waals surface area contributed by atoms with Crippen LogP contribution in [-0.2, 0) is 4.74 Å². The summed E-state index contributed by atoms with van der Waals surface area (Å²) in [5, 5.41) is 0. The van der Waals surface area contributed by atoms with Crippen molar-refractivity contribution >= 4 is 19.6 Å². The van der Waals surface area contributed by atoms with Gasteiger partial charge in [-0.1, -0.05) is 13.8 Å². The molecule has 0 aliphatic carbocycles. The number of thioether (sulfide) groups is 1. The van der Waals surface area contributed by atoms with E-state index < -0.39 is 0 Å². The van der Waals surface area contributed by atoms with Crippen LogP contribution in [0.15, 0.2) is 0 Å². The number of rotatable bonds is 4. The van der Waals surface area contributed by atoms with Crippen molar-refractivity contribution in [1.29, 1.82) is 0 Å². The normalized spacial score (nSPS) is 35.7. The lowest BCUT2D eigenvalue weighted by molar-refractivity contribution is 0.153. The minimum absolute atomic E-state index is 0.490. The van der Waals surface area contributed by atoms with Crippen LogP contribution in [-0.4, -0.2) is 32.0 Å². The van der Waals surface area contributed by atoms with Crippen LogP contribution in [0.1, 0.15) is 20.3 Å². The number of hydrogen-bond acceptors (Lipinski definition) is 2. The highest BCUT2D eigenvalue weighted by Gasteiger charge is 2.30. The third-order valence-electron chi connectivity index (χ3n) is 2.61. The zero-order valence-electron chi connectivity index (χ0n) is 8.38. The molecular formula is C9H19BOS. The highest BCUT2D eigenvalue weighted by molar-refractivity contribution is 7.99. The fraction of sp³-hybridized carbons (Fsp3) is 1.00. The van der Waals surface area contributed by atoms with Gasteiger partial charge in [0.05, 0.1) is 0 Å². The van der Waals surface area contributed by atoms with Gasteiger partial charge >= 0.3 is 0 Å². The van der Waals surface area contributed by atoms with Gasteiger partial charge in [-0.3, -0.25) is 0 Å². The first-order valence-electron chi connectivity index (χ1n) is 4.95. The Morgan fingerprint density at radius 3 is 2.83 bits per heavy atom. The summed E-state index contributed by atoms with van der Waals surface area (Å²) in [4.78, 5) is 0. The number of ether oxygens (including phenoxy) is 1. The Balaban J connectivity index is 2.20. The molecule has 1 aliphatic rings. The summed E-state index contributed by atoms with van der Waals surface area (Å²) in [6.45, 7) is 5.52. The maximum atomic E-state index is 5.60. The van der Waals surface area contributed by atoms with Crippen molar-refractivity contribution in [3.05, 3.63) is 0 Å². The lowest BCUT2D eigenvalue weighted by Crippen LogP contribution is -2.21. The second-order valence-electron chi connectivity index (χ2n) is 3.75. The quantitative estimate of drug-likeness (QED) is 0.484. The molecule has 0 radical (unpaired) electrons. The first-order chi connectivity index (χ1) is 5.75. The predicted octanol–water partition coefficient (Wildman–Crippen LogP) is 1.37. The molecule has 1 unspecified atom stereocenters. The van der Waals surface area contributed by atoms with E-state index in [9.17, 15) is 0 Å². The monoisotopic (exact) mass is 186 g/mol. The summed E-state index contributed by atoms with van der Waals surface area (Å²) in [6, 6.07) is 0.490. The van der Waals surface area contributed by atoms with Gasteiger partial charge in [0.25, 0.3) is 0 Å². The van der Waals surface area contributed by atoms with E-state index in [0.717, 1.165) is 18.4 Å². The fourth-order valence-electron chi connectivity index (χ4n) is 1.68. The van der Waals surface area contributed by atoms with E-state index in [2.05, 4.69) is 33.5 Å². The van der Waals surface area contributed by atoms with Crippen LogP contribution in [0.4, 0.5) is 0 Å². The van der Waals surface area contributed by atoms with Crippen LogP contribution < -0.4 is 0 Å². The lowest BCUT2D eigenvalue weighted by Gasteiger charge is -2.16. The van der Waals surface area contributed by atoms with Crippen LogP contribution in [0.5, 0.6) is 0 Å². The van der Waals surface area contributed by atoms with Gasteiger partial charge in [0.15, 0.2) is 0 Å². The summed E-state index contributed by atoms with van der Waals surface area (Å²) in [5.74, 6) is 4.15. The Labute approximate surface area is 81.0 Å². The molecule has 0 N–H and O–H groups in total. The first-order valence-corrected chi connectivity index (χ1v) is 6.10. The smallest absolute Gasteiger partial charge is 0.139 e. The van der Waals surface area contributed by atoms with Crippen molar-refractivity contribution in [2.75, 3.05) is 18.1 Å². The molecule has 1 heterocycles. The second kappa shape index (κ2) is 5.18. The molecule has 0 aromatic carbocycles. The fourth-order valence-corrected chi connectivity index (χ4v) is 3.00. The van der Waals surface area contributed by atoms with Gasteiger partial charge in [0, 0.05) is 12.6 Å². The van der Waals surface area contributed by atoms with Crippen molar-refractivity contribution in [3.8, 4) is 0 Å². The molecule has 0 spiro atoms. The van der Waals surface area contributed by atoms with E-state index in [-0.39, 0.29) is 0 Å². The zero-order valence-corrected chi connectivity index (χ0v) is 9.19. The van der Waals surface area contributed by atoms with Crippen LogP contribution in [0.25, 0.3) is 0 Å². The maximum absolute atomic E-state index is 5.60. The Morgan fingerprint density at radius 2 is 2.33 bits per heavy atom. The molecule has 0 aromatic rings. The van der Waals surface area contributed by atoms with Gasteiger partial charge in [-0.15, -0.1) is 0 Å². The summed E-state index contributed by atoms with van der Waals surface area (Å²) in [5.41, 5.74) is 0. The van der Waals surface area contributed by atoms with E-state index >= 15 is 0 Å². The van der Waals surface area contributed by atoms with Crippen LogP contribution in [0.2, 0.25) is 0 Å². The van der Waals surface area contributed by atoms with Crippen LogP contribution in [0.3, 0.4) is 0 Å². The van der Waals surface area contributed by atoms with E-state index in [1.54, 1.807) is 0 Å². The standard InChI is InChI=1S/C9H19BOS/c1-3-4-12-6-8-7(2)5-11-9(8)10/h7-9H,3-6,10H2,1-2H3/t7?,8-,9-/m1/s1. The molecule has 12 heavy (non-hydrogen) atoms.